The number of amides is 3. The number of nitrogens with one attached hydrogen (secondary N) is 1. The minimum Gasteiger partial charge on any atom is -0.501 e. The molecule has 1 aromatic carbocycles. The van der Waals surface area contributed by atoms with Crippen molar-refractivity contribution in [1.29, 1.82) is 0 Å². The number of aromatic hydroxyl groups is 1. The van der Waals surface area contributed by atoms with Gasteiger partial charge in [0.1, 0.15) is 17.2 Å². The Hall–Kier alpha value is -3.51. The minimum absolute atomic E-state index is 0.109. The summed E-state index contributed by atoms with van der Waals surface area (Å²) in [7, 11) is 4.47. The van der Waals surface area contributed by atoms with Crippen LogP contribution in [0.4, 0.5) is 4.39 Å². The largest absolute Gasteiger partial charge is 0.501 e. The molecule has 11 nitrogen and oxygen atoms in total. The van der Waals surface area contributed by atoms with Gasteiger partial charge >= 0.3 is 11.8 Å². The number of carbonyl (C=O) groups is 3. The second kappa shape index (κ2) is 12.0. The molecule has 1 aliphatic carbocycles. The molecule has 1 fully saturated rings. The third-order valence-electron chi connectivity index (χ3n) is 8.87. The van der Waals surface area contributed by atoms with E-state index in [1.54, 1.807) is 0 Å². The molecule has 0 atom stereocenters. The third kappa shape index (κ3) is 5.49. The smallest absolute Gasteiger partial charge is 0.312 e. The topological polar surface area (TPSA) is 128 Å². The summed E-state index contributed by atoms with van der Waals surface area (Å²) in [5.74, 6) is -3.78. The number of halogens is 2. The maximum absolute atomic E-state index is 14.4. The van der Waals surface area contributed by atoms with E-state index in [9.17, 15) is 28.7 Å². The first-order valence-corrected chi connectivity index (χ1v) is 14.5. The molecule has 0 spiro atoms. The Balaban J connectivity index is 1.81. The number of carbonyl (C=O) groups excluding carboxylic acids is 3. The quantitative estimate of drug-likeness (QED) is 0.443. The molecule has 3 aliphatic rings. The van der Waals surface area contributed by atoms with Crippen molar-refractivity contribution in [3.8, 4) is 5.75 Å². The van der Waals surface area contributed by atoms with Crippen molar-refractivity contribution in [2.75, 3.05) is 40.8 Å². The Kier molecular flexibility index (Phi) is 8.98. The van der Waals surface area contributed by atoms with Crippen molar-refractivity contribution in [3.05, 3.63) is 56.5 Å². The van der Waals surface area contributed by atoms with Crippen LogP contribution < -0.4 is 10.9 Å². The summed E-state index contributed by atoms with van der Waals surface area (Å²) in [5.41, 5.74) is -2.75. The summed E-state index contributed by atoms with van der Waals surface area (Å²) in [6.45, 7) is 6.43. The fourth-order valence-corrected chi connectivity index (χ4v) is 6.40. The molecule has 0 saturated heterocycles. The fraction of sp³-hybridized carbons (Fsp3) is 0.552. The van der Waals surface area contributed by atoms with Crippen molar-refractivity contribution >= 4 is 29.3 Å². The van der Waals surface area contributed by atoms with Gasteiger partial charge in [-0.25, -0.2) is 9.37 Å². The van der Waals surface area contributed by atoms with Crippen LogP contribution in [0.2, 0.25) is 5.02 Å². The molecular formula is C29H38ClFN6O5. The van der Waals surface area contributed by atoms with E-state index >= 15 is 0 Å². The highest BCUT2D eigenvalue weighted by molar-refractivity contribution is 6.34. The summed E-state index contributed by atoms with van der Waals surface area (Å²) in [6, 6.07) is 4.36. The Morgan fingerprint density at radius 1 is 1.10 bits per heavy atom. The zero-order valence-electron chi connectivity index (χ0n) is 24.7. The van der Waals surface area contributed by atoms with Crippen LogP contribution in [-0.4, -0.2) is 87.9 Å². The number of hydrogen-bond acceptors (Lipinski definition) is 7. The average Bonchev–Trinajstić information content (AvgIpc) is 3.21. The van der Waals surface area contributed by atoms with Crippen LogP contribution in [0.25, 0.3) is 0 Å². The highest BCUT2D eigenvalue weighted by Crippen LogP contribution is 2.52. The summed E-state index contributed by atoms with van der Waals surface area (Å²) in [4.78, 5) is 62.5. The van der Waals surface area contributed by atoms with Crippen LogP contribution in [0.15, 0.2) is 23.0 Å². The van der Waals surface area contributed by atoms with Crippen LogP contribution >= 0.6 is 11.6 Å². The lowest BCUT2D eigenvalue weighted by molar-refractivity contribution is -0.155. The molecule has 1 aromatic heterocycles. The van der Waals surface area contributed by atoms with Crippen LogP contribution in [0.3, 0.4) is 0 Å². The van der Waals surface area contributed by atoms with Crippen LogP contribution in [0, 0.1) is 11.2 Å². The van der Waals surface area contributed by atoms with E-state index in [1.165, 1.54) is 53.7 Å². The number of likely N-dealkylation sites (N-methyl/N-ethyl adjacent to an activating group) is 2. The third-order valence-corrected chi connectivity index (χ3v) is 9.16. The number of rotatable bonds is 8. The SMILES string of the molecule is CCN(CC)CC12CCC(N(C)C(=O)C(=O)N(C)C)(CC1)c1nc(C(=O)NCc3cccc(Cl)c3F)c(O)c(=O)n1C2. The first kappa shape index (κ1) is 31.4. The maximum Gasteiger partial charge on any atom is 0.312 e. The van der Waals surface area contributed by atoms with E-state index in [0.29, 0.717) is 32.2 Å². The lowest BCUT2D eigenvalue weighted by atomic mass is 9.67. The lowest BCUT2D eigenvalue weighted by Gasteiger charge is -2.47. The van der Waals surface area contributed by atoms with Gasteiger partial charge in [0, 0.05) is 51.8 Å². The van der Waals surface area contributed by atoms with Crippen molar-refractivity contribution in [2.45, 2.75) is 58.2 Å². The number of fused-ring (bicyclic) bond motifs is 2. The number of nitrogens with zero attached hydrogens (tertiary/aromatic N) is 5. The van der Waals surface area contributed by atoms with Gasteiger partial charge in [-0.3, -0.25) is 23.7 Å². The maximum atomic E-state index is 14.4. The molecule has 13 heteroatoms. The molecular weight excluding hydrogens is 567 g/mol. The first-order valence-electron chi connectivity index (χ1n) is 14.1. The predicted octanol–water partition coefficient (Wildman–Crippen LogP) is 2.33. The Labute approximate surface area is 249 Å². The molecule has 0 radical (unpaired) electrons. The van der Waals surface area contributed by atoms with Crippen LogP contribution in [-0.2, 0) is 28.2 Å². The zero-order valence-corrected chi connectivity index (χ0v) is 25.4. The molecule has 2 bridgehead atoms. The van der Waals surface area contributed by atoms with E-state index in [4.69, 9.17) is 11.6 Å². The Morgan fingerprint density at radius 2 is 1.74 bits per heavy atom. The predicted molar refractivity (Wildman–Crippen MR) is 155 cm³/mol. The molecule has 3 heterocycles. The van der Waals surface area contributed by atoms with Gasteiger partial charge in [-0.1, -0.05) is 37.6 Å². The summed E-state index contributed by atoms with van der Waals surface area (Å²) in [6.07, 6.45) is 2.08. The monoisotopic (exact) mass is 604 g/mol. The zero-order chi connectivity index (χ0) is 31.0. The first-order chi connectivity index (χ1) is 19.8. The second-order valence-corrected chi connectivity index (χ2v) is 11.9. The van der Waals surface area contributed by atoms with E-state index in [2.05, 4.69) is 29.0 Å². The standard InChI is InChI=1S/C29H38ClFN6O5/c1-6-36(7-2)16-28-11-13-29(14-12-28,35(5)26(42)25(41)34(3)4)27-33-21(22(38)24(40)37(27)17-28)23(39)32-15-18-9-8-10-19(30)20(18)31/h8-10,38H,6-7,11-17H2,1-5H3,(H,32,39). The van der Waals surface area contributed by atoms with Gasteiger partial charge in [-0.05, 0) is 44.8 Å². The molecule has 42 heavy (non-hydrogen) atoms. The average molecular weight is 605 g/mol. The lowest BCUT2D eigenvalue weighted by Crippen LogP contribution is -2.55. The van der Waals surface area contributed by atoms with E-state index in [-0.39, 0.29) is 34.9 Å². The Morgan fingerprint density at radius 3 is 2.33 bits per heavy atom. The van der Waals surface area contributed by atoms with Crippen molar-refractivity contribution in [1.82, 2.24) is 29.6 Å². The Bertz CT molecular complexity index is 1450. The van der Waals surface area contributed by atoms with Gasteiger partial charge in [-0.15, -0.1) is 0 Å². The normalized spacial score (nSPS) is 21.0. The molecule has 2 aromatic rings. The molecule has 1 saturated carbocycles. The minimum atomic E-state index is -1.17. The summed E-state index contributed by atoms with van der Waals surface area (Å²) in [5, 5.41) is 13.4. The van der Waals surface area contributed by atoms with Crippen molar-refractivity contribution in [2.24, 2.45) is 5.41 Å². The number of benzene rings is 1. The van der Waals surface area contributed by atoms with E-state index in [1.807, 2.05) is 0 Å². The van der Waals surface area contributed by atoms with Gasteiger partial charge in [0.2, 0.25) is 5.75 Å². The van der Waals surface area contributed by atoms with Gasteiger partial charge < -0.3 is 25.1 Å². The highest BCUT2D eigenvalue weighted by atomic mass is 35.5. The van der Waals surface area contributed by atoms with Crippen LogP contribution in [0.1, 0.15) is 61.4 Å². The fourth-order valence-electron chi connectivity index (χ4n) is 6.20. The summed E-state index contributed by atoms with van der Waals surface area (Å²) >= 11 is 5.85. The molecule has 2 aliphatic heterocycles. The summed E-state index contributed by atoms with van der Waals surface area (Å²) < 4.78 is 15.8. The number of hydrogen-bond donors (Lipinski definition) is 2. The van der Waals surface area contributed by atoms with Gasteiger partial charge in [0.15, 0.2) is 5.69 Å². The van der Waals surface area contributed by atoms with E-state index < -0.39 is 46.1 Å². The number of aromatic nitrogens is 2. The van der Waals surface area contributed by atoms with Gasteiger partial charge in [0.25, 0.3) is 11.5 Å². The molecule has 0 unspecified atom stereocenters. The molecule has 3 amide bonds. The highest BCUT2D eigenvalue weighted by Gasteiger charge is 2.54. The molecule has 228 valence electrons. The van der Waals surface area contributed by atoms with Crippen molar-refractivity contribution < 1.29 is 23.9 Å². The van der Waals surface area contributed by atoms with Gasteiger partial charge in [-0.2, -0.15) is 0 Å². The van der Waals surface area contributed by atoms with Crippen molar-refractivity contribution in [3.63, 3.8) is 0 Å². The van der Waals surface area contributed by atoms with E-state index in [0.717, 1.165) is 13.1 Å². The van der Waals surface area contributed by atoms with Crippen LogP contribution in [0.5, 0.6) is 5.75 Å². The molecule has 5 rings (SSSR count). The van der Waals surface area contributed by atoms with Gasteiger partial charge in [0.05, 0.1) is 5.02 Å². The second-order valence-electron chi connectivity index (χ2n) is 11.5. The molecule has 2 N–H and O–H groups in total.